The summed E-state index contributed by atoms with van der Waals surface area (Å²) < 4.78 is 0. The molecule has 2 unspecified atom stereocenters. The van der Waals surface area contributed by atoms with Gasteiger partial charge in [-0.1, -0.05) is 26.0 Å². The highest BCUT2D eigenvalue weighted by Gasteiger charge is 2.24. The Hall–Kier alpha value is -1.16. The Labute approximate surface area is 107 Å². The number of amidine groups is 1. The molecule has 1 fully saturated rings. The molecule has 2 atom stereocenters. The van der Waals surface area contributed by atoms with Crippen LogP contribution in [0.15, 0.2) is 24.3 Å². The summed E-state index contributed by atoms with van der Waals surface area (Å²) in [5.41, 5.74) is 7.58. The summed E-state index contributed by atoms with van der Waals surface area (Å²) in [7, 11) is 0. The maximum atomic E-state index is 7.64. The van der Waals surface area contributed by atoms with Crippen LogP contribution >= 0.6 is 11.8 Å². The van der Waals surface area contributed by atoms with Gasteiger partial charge in [-0.15, -0.1) is 0 Å². The minimum Gasteiger partial charge on any atom is -0.384 e. The minimum atomic E-state index is 0.152. The Morgan fingerprint density at radius 2 is 1.88 bits per heavy atom. The molecule has 3 N–H and O–H groups in total. The van der Waals surface area contributed by atoms with Crippen LogP contribution in [0.5, 0.6) is 0 Å². The van der Waals surface area contributed by atoms with Crippen molar-refractivity contribution in [3.8, 4) is 0 Å². The molecule has 4 heteroatoms. The molecular weight excluding hydrogens is 230 g/mol. The molecule has 0 radical (unpaired) electrons. The number of thioether (sulfide) groups is 1. The smallest absolute Gasteiger partial charge is 0.124 e. The summed E-state index contributed by atoms with van der Waals surface area (Å²) in [4.78, 5) is 2.35. The van der Waals surface area contributed by atoms with Gasteiger partial charge in [-0.2, -0.15) is 11.8 Å². The minimum absolute atomic E-state index is 0.152. The zero-order chi connectivity index (χ0) is 12.4. The van der Waals surface area contributed by atoms with E-state index >= 15 is 0 Å². The van der Waals surface area contributed by atoms with Gasteiger partial charge in [-0.3, -0.25) is 5.41 Å². The molecule has 0 aromatic heterocycles. The van der Waals surface area contributed by atoms with Crippen molar-refractivity contribution in [3.05, 3.63) is 29.8 Å². The van der Waals surface area contributed by atoms with Gasteiger partial charge >= 0.3 is 0 Å². The number of hydrogen-bond donors (Lipinski definition) is 2. The van der Waals surface area contributed by atoms with Crippen LogP contribution < -0.4 is 10.6 Å². The van der Waals surface area contributed by atoms with Gasteiger partial charge in [-0.05, 0) is 12.1 Å². The third-order valence-corrected chi connectivity index (χ3v) is 4.18. The number of nitrogen functional groups attached to an aromatic ring is 1. The first-order valence-corrected chi connectivity index (χ1v) is 6.86. The summed E-state index contributed by atoms with van der Waals surface area (Å²) in [6.45, 7) is 6.56. The summed E-state index contributed by atoms with van der Waals surface area (Å²) in [5, 5.41) is 8.89. The number of para-hydroxylation sites is 1. The fourth-order valence-electron chi connectivity index (χ4n) is 2.35. The van der Waals surface area contributed by atoms with Crippen LogP contribution in [-0.4, -0.2) is 29.4 Å². The Kier molecular flexibility index (Phi) is 3.62. The summed E-state index contributed by atoms with van der Waals surface area (Å²) >= 11 is 2.03. The van der Waals surface area contributed by atoms with Gasteiger partial charge in [0.15, 0.2) is 0 Å². The first kappa shape index (κ1) is 12.3. The molecule has 1 heterocycles. The molecule has 17 heavy (non-hydrogen) atoms. The molecule has 0 spiro atoms. The lowest BCUT2D eigenvalue weighted by atomic mass is 10.1. The monoisotopic (exact) mass is 249 g/mol. The highest BCUT2D eigenvalue weighted by molar-refractivity contribution is 8.00. The van der Waals surface area contributed by atoms with Crippen LogP contribution in [-0.2, 0) is 0 Å². The van der Waals surface area contributed by atoms with Crippen molar-refractivity contribution in [3.63, 3.8) is 0 Å². The van der Waals surface area contributed by atoms with Crippen LogP contribution in [0.4, 0.5) is 5.69 Å². The second-order valence-electron chi connectivity index (χ2n) is 4.59. The zero-order valence-corrected chi connectivity index (χ0v) is 11.1. The topological polar surface area (TPSA) is 53.1 Å². The van der Waals surface area contributed by atoms with Crippen molar-refractivity contribution >= 4 is 23.3 Å². The molecule has 1 aromatic rings. The Bertz CT molecular complexity index is 409. The predicted molar refractivity (Wildman–Crippen MR) is 76.2 cm³/mol. The standard InChI is InChI=1S/C13H19N3S/c1-9-7-16(8-10(2)17-9)12-6-4-3-5-11(12)13(14)15/h3-6,9-10H,7-8H2,1-2H3,(H3,14,15). The summed E-state index contributed by atoms with van der Waals surface area (Å²) in [6.07, 6.45) is 0. The number of rotatable bonds is 2. The van der Waals surface area contributed by atoms with Crippen LogP contribution in [0.1, 0.15) is 19.4 Å². The van der Waals surface area contributed by atoms with E-state index in [2.05, 4.69) is 24.8 Å². The molecular formula is C13H19N3S. The lowest BCUT2D eigenvalue weighted by Gasteiger charge is -2.37. The second-order valence-corrected chi connectivity index (χ2v) is 6.47. The molecule has 1 aliphatic heterocycles. The van der Waals surface area contributed by atoms with Crippen molar-refractivity contribution in [1.29, 1.82) is 5.41 Å². The average molecular weight is 249 g/mol. The third-order valence-electron chi connectivity index (χ3n) is 2.95. The summed E-state index contributed by atoms with van der Waals surface area (Å²) in [6, 6.07) is 7.94. The van der Waals surface area contributed by atoms with E-state index in [1.165, 1.54) is 0 Å². The van der Waals surface area contributed by atoms with Gasteiger partial charge in [0.05, 0.1) is 0 Å². The molecule has 0 saturated carbocycles. The van der Waals surface area contributed by atoms with E-state index in [1.807, 2.05) is 30.0 Å². The van der Waals surface area contributed by atoms with Crippen LogP contribution in [0, 0.1) is 5.41 Å². The fraction of sp³-hybridized carbons (Fsp3) is 0.462. The summed E-state index contributed by atoms with van der Waals surface area (Å²) in [5.74, 6) is 0.152. The maximum absolute atomic E-state index is 7.64. The maximum Gasteiger partial charge on any atom is 0.124 e. The van der Waals surface area contributed by atoms with Crippen LogP contribution in [0.2, 0.25) is 0 Å². The number of nitrogens with one attached hydrogen (secondary N) is 1. The van der Waals surface area contributed by atoms with E-state index < -0.39 is 0 Å². The number of benzene rings is 1. The highest BCUT2D eigenvalue weighted by atomic mass is 32.2. The first-order chi connectivity index (χ1) is 8.08. The predicted octanol–water partition coefficient (Wildman–Crippen LogP) is 2.30. The van der Waals surface area contributed by atoms with Crippen molar-refractivity contribution in [2.24, 2.45) is 5.73 Å². The SMILES string of the molecule is CC1CN(c2ccccc2C(=N)N)CC(C)S1. The van der Waals surface area contributed by atoms with Gasteiger partial charge in [0.2, 0.25) is 0 Å². The van der Waals surface area contributed by atoms with Crippen molar-refractivity contribution in [1.82, 2.24) is 0 Å². The van der Waals surface area contributed by atoms with Gasteiger partial charge < -0.3 is 10.6 Å². The first-order valence-electron chi connectivity index (χ1n) is 5.91. The van der Waals surface area contributed by atoms with E-state index in [0.29, 0.717) is 10.5 Å². The van der Waals surface area contributed by atoms with E-state index in [9.17, 15) is 0 Å². The highest BCUT2D eigenvalue weighted by Crippen LogP contribution is 2.30. The Morgan fingerprint density at radius 3 is 2.47 bits per heavy atom. The lowest BCUT2D eigenvalue weighted by Crippen LogP contribution is -2.41. The molecule has 0 bridgehead atoms. The number of anilines is 1. The molecule has 92 valence electrons. The fourth-order valence-corrected chi connectivity index (χ4v) is 3.68. The largest absolute Gasteiger partial charge is 0.384 e. The van der Waals surface area contributed by atoms with E-state index in [4.69, 9.17) is 11.1 Å². The third kappa shape index (κ3) is 2.75. The molecule has 1 aromatic carbocycles. The van der Waals surface area contributed by atoms with E-state index in [0.717, 1.165) is 24.3 Å². The van der Waals surface area contributed by atoms with Gasteiger partial charge in [0, 0.05) is 34.8 Å². The van der Waals surface area contributed by atoms with E-state index in [-0.39, 0.29) is 5.84 Å². The van der Waals surface area contributed by atoms with Crippen molar-refractivity contribution < 1.29 is 0 Å². The van der Waals surface area contributed by atoms with Crippen molar-refractivity contribution in [2.45, 2.75) is 24.3 Å². The zero-order valence-electron chi connectivity index (χ0n) is 10.3. The molecule has 2 rings (SSSR count). The van der Waals surface area contributed by atoms with Crippen molar-refractivity contribution in [2.75, 3.05) is 18.0 Å². The lowest BCUT2D eigenvalue weighted by molar-refractivity contribution is 0.728. The molecule has 1 saturated heterocycles. The van der Waals surface area contributed by atoms with Gasteiger partial charge in [0.25, 0.3) is 0 Å². The number of hydrogen-bond acceptors (Lipinski definition) is 3. The average Bonchev–Trinajstić information content (AvgIpc) is 2.27. The number of nitrogens with zero attached hydrogens (tertiary/aromatic N) is 1. The Balaban J connectivity index is 2.30. The van der Waals surface area contributed by atoms with Gasteiger partial charge in [0.1, 0.15) is 5.84 Å². The Morgan fingerprint density at radius 1 is 1.29 bits per heavy atom. The normalized spacial score (nSPS) is 24.7. The quantitative estimate of drug-likeness (QED) is 0.624. The van der Waals surface area contributed by atoms with Crippen LogP contribution in [0.3, 0.4) is 0 Å². The van der Waals surface area contributed by atoms with Crippen LogP contribution in [0.25, 0.3) is 0 Å². The van der Waals surface area contributed by atoms with Gasteiger partial charge in [-0.25, -0.2) is 0 Å². The molecule has 0 amide bonds. The molecule has 0 aliphatic carbocycles. The molecule has 3 nitrogen and oxygen atoms in total. The second kappa shape index (κ2) is 5.00. The number of nitrogens with two attached hydrogens (primary N) is 1. The van der Waals surface area contributed by atoms with E-state index in [1.54, 1.807) is 0 Å². The molecule has 1 aliphatic rings.